The van der Waals surface area contributed by atoms with Crippen LogP contribution in [0.2, 0.25) is 0 Å². The van der Waals surface area contributed by atoms with Gasteiger partial charge >= 0.3 is 12.1 Å². The molecule has 0 bridgehead atoms. The number of esters is 1. The summed E-state index contributed by atoms with van der Waals surface area (Å²) in [6, 6.07) is 6.14. The molecule has 22 heavy (non-hydrogen) atoms. The first-order valence-electron chi connectivity index (χ1n) is 7.00. The number of hydrogen-bond donors (Lipinski definition) is 1. The van der Waals surface area contributed by atoms with Crippen molar-refractivity contribution in [2.45, 2.75) is 44.7 Å². The predicted octanol–water partition coefficient (Wildman–Crippen LogP) is 2.80. The summed E-state index contributed by atoms with van der Waals surface area (Å²) in [4.78, 5) is 11.8. The minimum absolute atomic E-state index is 0.0467. The quantitative estimate of drug-likeness (QED) is 0.591. The van der Waals surface area contributed by atoms with Gasteiger partial charge in [0, 0.05) is 0 Å². The van der Waals surface area contributed by atoms with Gasteiger partial charge in [-0.15, -0.1) is 0 Å². The molecule has 0 spiro atoms. The molecule has 0 saturated heterocycles. The minimum atomic E-state index is -4.74. The molecular formula is C15H20F3NO3. The van der Waals surface area contributed by atoms with E-state index in [0.717, 1.165) is 6.42 Å². The second-order valence-electron chi connectivity index (χ2n) is 4.81. The molecule has 0 heterocycles. The second-order valence-corrected chi connectivity index (χ2v) is 4.81. The van der Waals surface area contributed by atoms with E-state index >= 15 is 0 Å². The first kappa shape index (κ1) is 18.4. The van der Waals surface area contributed by atoms with Crippen molar-refractivity contribution in [2.24, 2.45) is 5.73 Å². The van der Waals surface area contributed by atoms with Crippen LogP contribution in [0.4, 0.5) is 13.2 Å². The van der Waals surface area contributed by atoms with Crippen molar-refractivity contribution >= 4 is 5.97 Å². The Morgan fingerprint density at radius 2 is 1.91 bits per heavy atom. The molecule has 0 aliphatic rings. The summed E-state index contributed by atoms with van der Waals surface area (Å²) in [5.41, 5.74) is 5.76. The van der Waals surface area contributed by atoms with Crippen LogP contribution in [0.25, 0.3) is 0 Å². The molecule has 0 aliphatic carbocycles. The van der Waals surface area contributed by atoms with Crippen molar-refractivity contribution in [3.8, 4) is 0 Å². The molecule has 1 rings (SSSR count). The number of carbonyl (C=O) groups excluding carboxylic acids is 1. The average molecular weight is 319 g/mol. The van der Waals surface area contributed by atoms with E-state index in [-0.39, 0.29) is 13.2 Å². The molecule has 2 atom stereocenters. The van der Waals surface area contributed by atoms with Crippen LogP contribution in [0.5, 0.6) is 0 Å². The van der Waals surface area contributed by atoms with E-state index in [9.17, 15) is 18.0 Å². The Morgan fingerprint density at radius 1 is 1.27 bits per heavy atom. The first-order chi connectivity index (χ1) is 10.4. The fourth-order valence-electron chi connectivity index (χ4n) is 1.65. The number of ether oxygens (including phenoxy) is 2. The molecule has 0 radical (unpaired) electrons. The van der Waals surface area contributed by atoms with Gasteiger partial charge in [-0.05, 0) is 12.0 Å². The number of unbranched alkanes of at least 4 members (excludes halogenated alkanes) is 1. The van der Waals surface area contributed by atoms with Gasteiger partial charge in [-0.3, -0.25) is 0 Å². The van der Waals surface area contributed by atoms with Gasteiger partial charge in [0.2, 0.25) is 0 Å². The molecule has 0 amide bonds. The van der Waals surface area contributed by atoms with E-state index in [1.807, 2.05) is 6.92 Å². The summed E-state index contributed by atoms with van der Waals surface area (Å²) in [6.07, 6.45) is -5.30. The van der Waals surface area contributed by atoms with Gasteiger partial charge in [-0.25, -0.2) is 4.79 Å². The Kier molecular flexibility index (Phi) is 7.34. The third-order valence-corrected chi connectivity index (χ3v) is 2.95. The normalized spacial score (nSPS) is 14.4. The zero-order valence-corrected chi connectivity index (χ0v) is 12.3. The third kappa shape index (κ3) is 6.03. The summed E-state index contributed by atoms with van der Waals surface area (Å²) in [7, 11) is 0. The second kappa shape index (κ2) is 8.75. The summed E-state index contributed by atoms with van der Waals surface area (Å²) >= 11 is 0. The number of hydrogen-bond acceptors (Lipinski definition) is 4. The molecule has 0 saturated carbocycles. The first-order valence-corrected chi connectivity index (χ1v) is 7.00. The fourth-order valence-corrected chi connectivity index (χ4v) is 1.65. The van der Waals surface area contributed by atoms with Crippen molar-refractivity contribution < 1.29 is 27.4 Å². The lowest BCUT2D eigenvalue weighted by molar-refractivity contribution is -0.194. The summed E-state index contributed by atoms with van der Waals surface area (Å²) < 4.78 is 48.2. The zero-order valence-electron chi connectivity index (χ0n) is 12.3. The zero-order chi connectivity index (χ0) is 16.6. The topological polar surface area (TPSA) is 61.5 Å². The molecule has 7 heteroatoms. The molecule has 0 fully saturated rings. The maximum Gasteiger partial charge on any atom is 0.406 e. The number of halogens is 3. The van der Waals surface area contributed by atoms with Crippen LogP contribution in [0, 0.1) is 0 Å². The van der Waals surface area contributed by atoms with Crippen molar-refractivity contribution in [1.82, 2.24) is 0 Å². The van der Waals surface area contributed by atoms with Crippen molar-refractivity contribution in [3.05, 3.63) is 35.9 Å². The molecular weight excluding hydrogens is 299 g/mol. The minimum Gasteiger partial charge on any atom is -0.464 e. The highest BCUT2D eigenvalue weighted by molar-refractivity contribution is 5.75. The highest BCUT2D eigenvalue weighted by Crippen LogP contribution is 2.23. The van der Waals surface area contributed by atoms with Crippen molar-refractivity contribution in [3.63, 3.8) is 0 Å². The van der Waals surface area contributed by atoms with Gasteiger partial charge in [-0.2, -0.15) is 13.2 Å². The lowest BCUT2D eigenvalue weighted by atomic mass is 10.1. The van der Waals surface area contributed by atoms with Crippen molar-refractivity contribution in [1.29, 1.82) is 0 Å². The van der Waals surface area contributed by atoms with Gasteiger partial charge in [-0.1, -0.05) is 43.7 Å². The van der Waals surface area contributed by atoms with E-state index in [1.165, 1.54) is 0 Å². The largest absolute Gasteiger partial charge is 0.464 e. The molecule has 1 aromatic rings. The molecule has 4 nitrogen and oxygen atoms in total. The number of carbonyl (C=O) groups is 1. The Morgan fingerprint density at radius 3 is 2.45 bits per heavy atom. The number of alkyl halides is 3. The number of benzene rings is 1. The SMILES string of the molecule is CCCCOC(=O)[C@H](OCc1ccccc1)[C@@H](N)C(F)(F)F. The van der Waals surface area contributed by atoms with Gasteiger partial charge in [0.05, 0.1) is 13.2 Å². The molecule has 0 unspecified atom stereocenters. The lowest BCUT2D eigenvalue weighted by Crippen LogP contribution is -2.52. The smallest absolute Gasteiger partial charge is 0.406 e. The van der Waals surface area contributed by atoms with E-state index < -0.39 is 24.3 Å². The van der Waals surface area contributed by atoms with Gasteiger partial charge < -0.3 is 15.2 Å². The van der Waals surface area contributed by atoms with Crippen LogP contribution >= 0.6 is 0 Å². The van der Waals surface area contributed by atoms with Crippen LogP contribution < -0.4 is 5.73 Å². The van der Waals surface area contributed by atoms with Crippen molar-refractivity contribution in [2.75, 3.05) is 6.61 Å². The fraction of sp³-hybridized carbons (Fsp3) is 0.533. The molecule has 1 aromatic carbocycles. The van der Waals surface area contributed by atoms with Crippen LogP contribution in [0.1, 0.15) is 25.3 Å². The highest BCUT2D eigenvalue weighted by atomic mass is 19.4. The molecule has 2 N–H and O–H groups in total. The summed E-state index contributed by atoms with van der Waals surface area (Å²) in [6.45, 7) is 1.77. The lowest BCUT2D eigenvalue weighted by Gasteiger charge is -2.24. The number of nitrogens with two attached hydrogens (primary N) is 1. The van der Waals surface area contributed by atoms with E-state index in [4.69, 9.17) is 15.2 Å². The Bertz CT molecular complexity index is 451. The average Bonchev–Trinajstić information content (AvgIpc) is 2.47. The monoisotopic (exact) mass is 319 g/mol. The van der Waals surface area contributed by atoms with E-state index in [0.29, 0.717) is 12.0 Å². The van der Waals surface area contributed by atoms with Gasteiger partial charge in [0.15, 0.2) is 6.10 Å². The van der Waals surface area contributed by atoms with Crippen LogP contribution in [0.3, 0.4) is 0 Å². The van der Waals surface area contributed by atoms with Gasteiger partial charge in [0.1, 0.15) is 6.04 Å². The van der Waals surface area contributed by atoms with E-state index in [2.05, 4.69) is 0 Å². The Labute approximate surface area is 127 Å². The maximum absolute atomic E-state index is 12.8. The van der Waals surface area contributed by atoms with Crippen LogP contribution in [0.15, 0.2) is 30.3 Å². The maximum atomic E-state index is 12.8. The number of rotatable bonds is 8. The summed E-state index contributed by atoms with van der Waals surface area (Å²) in [5, 5.41) is 0. The standard InChI is InChI=1S/C15H20F3NO3/c1-2-3-9-21-14(20)12(13(19)15(16,17)18)22-10-11-7-5-4-6-8-11/h4-8,12-13H,2-3,9-10,19H2,1H3/t12-,13-/m1/s1. The van der Waals surface area contributed by atoms with E-state index in [1.54, 1.807) is 30.3 Å². The molecule has 0 aliphatic heterocycles. The molecule has 124 valence electrons. The molecule has 0 aromatic heterocycles. The highest BCUT2D eigenvalue weighted by Gasteiger charge is 2.46. The third-order valence-electron chi connectivity index (χ3n) is 2.95. The Balaban J connectivity index is 2.71. The van der Waals surface area contributed by atoms with Crippen LogP contribution in [-0.2, 0) is 20.9 Å². The Hall–Kier alpha value is -1.60. The van der Waals surface area contributed by atoms with Crippen LogP contribution in [-0.4, -0.2) is 30.9 Å². The summed E-state index contributed by atoms with van der Waals surface area (Å²) in [5.74, 6) is -1.09. The predicted molar refractivity (Wildman–Crippen MR) is 74.9 cm³/mol. The van der Waals surface area contributed by atoms with Gasteiger partial charge in [0.25, 0.3) is 0 Å².